The van der Waals surface area contributed by atoms with Crippen LogP contribution in [-0.4, -0.2) is 42.3 Å². The van der Waals surface area contributed by atoms with E-state index in [0.29, 0.717) is 18.6 Å². The Labute approximate surface area is 148 Å². The van der Waals surface area contributed by atoms with Gasteiger partial charge in [0.15, 0.2) is 0 Å². The molecule has 0 saturated carbocycles. The highest BCUT2D eigenvalue weighted by Crippen LogP contribution is 2.42. The third-order valence-corrected chi connectivity index (χ3v) is 5.51. The van der Waals surface area contributed by atoms with Crippen molar-refractivity contribution in [3.05, 3.63) is 54.2 Å². The Morgan fingerprint density at radius 1 is 1.16 bits per heavy atom. The summed E-state index contributed by atoms with van der Waals surface area (Å²) in [6, 6.07) is 6.04. The predicted molar refractivity (Wildman–Crippen MR) is 93.9 cm³/mol. The monoisotopic (exact) mass is 342 g/mol. The van der Waals surface area contributed by atoms with Crippen molar-refractivity contribution < 1.29 is 13.9 Å². The topological polar surface area (TPSA) is 47.7 Å². The van der Waals surface area contributed by atoms with Crippen molar-refractivity contribution in [2.24, 2.45) is 5.41 Å². The van der Waals surface area contributed by atoms with Crippen LogP contribution in [0.15, 0.2) is 47.5 Å². The molecular weight excluding hydrogens is 316 g/mol. The van der Waals surface area contributed by atoms with Crippen LogP contribution in [0.2, 0.25) is 0 Å². The second kappa shape index (κ2) is 7.68. The van der Waals surface area contributed by atoms with Crippen molar-refractivity contribution in [1.82, 2.24) is 9.88 Å². The van der Waals surface area contributed by atoms with Crippen molar-refractivity contribution in [3.8, 4) is 0 Å². The molecule has 1 spiro atoms. The number of aromatic nitrogens is 1. The molecular formula is C20H26N2O3. The molecule has 2 aliphatic heterocycles. The van der Waals surface area contributed by atoms with Crippen LogP contribution in [0.3, 0.4) is 0 Å². The molecule has 25 heavy (non-hydrogen) atoms. The third kappa shape index (κ3) is 4.29. The molecule has 4 rings (SSSR count). The number of likely N-dealkylation sites (tertiary alicyclic amines) is 1. The predicted octanol–water partition coefficient (Wildman–Crippen LogP) is 3.26. The Kier molecular flexibility index (Phi) is 5.15. The fraction of sp³-hybridized carbons (Fsp3) is 0.550. The zero-order chi connectivity index (χ0) is 17.0. The van der Waals surface area contributed by atoms with Crippen molar-refractivity contribution in [2.45, 2.75) is 38.5 Å². The van der Waals surface area contributed by atoms with E-state index in [-0.39, 0.29) is 6.10 Å². The molecule has 0 bridgehead atoms. The van der Waals surface area contributed by atoms with Crippen LogP contribution in [0.5, 0.6) is 0 Å². The van der Waals surface area contributed by atoms with Crippen molar-refractivity contribution >= 4 is 0 Å². The van der Waals surface area contributed by atoms with Gasteiger partial charge in [-0.2, -0.15) is 0 Å². The molecule has 2 aliphatic rings. The summed E-state index contributed by atoms with van der Waals surface area (Å²) in [4.78, 5) is 6.55. The molecule has 2 aromatic rings. The Bertz CT molecular complexity index is 636. The Morgan fingerprint density at radius 3 is 2.76 bits per heavy atom. The van der Waals surface area contributed by atoms with Crippen LogP contribution in [0.4, 0.5) is 0 Å². The van der Waals surface area contributed by atoms with Gasteiger partial charge in [0.2, 0.25) is 0 Å². The number of nitrogens with zero attached hydrogens (tertiary/aromatic N) is 2. The van der Waals surface area contributed by atoms with Crippen LogP contribution in [0.25, 0.3) is 0 Å². The minimum absolute atomic E-state index is 0.238. The van der Waals surface area contributed by atoms with Gasteiger partial charge in [0, 0.05) is 24.5 Å². The van der Waals surface area contributed by atoms with Gasteiger partial charge in [-0.05, 0) is 61.5 Å². The summed E-state index contributed by atoms with van der Waals surface area (Å²) in [7, 11) is 0. The maximum absolute atomic E-state index is 6.05. The zero-order valence-corrected chi connectivity index (χ0v) is 14.6. The van der Waals surface area contributed by atoms with Crippen LogP contribution >= 0.6 is 0 Å². The highest BCUT2D eigenvalue weighted by atomic mass is 16.5. The second-order valence-corrected chi connectivity index (χ2v) is 7.42. The summed E-state index contributed by atoms with van der Waals surface area (Å²) < 4.78 is 17.1. The van der Waals surface area contributed by atoms with E-state index in [2.05, 4.69) is 16.0 Å². The molecule has 5 nitrogen and oxygen atoms in total. The molecule has 0 radical (unpaired) electrons. The standard InChI is InChI=1S/C20H26N2O3/c1-6-21-7-2-17(1)13-24-15-19-11-20(16-25-19)4-8-22(9-5-20)12-18-3-10-23-14-18/h1-3,6-7,10,14,19H,4-5,8-9,11-13,15-16H2/t19-/m0/s1. The molecule has 5 heteroatoms. The van der Waals surface area contributed by atoms with E-state index < -0.39 is 0 Å². The van der Waals surface area contributed by atoms with Gasteiger partial charge >= 0.3 is 0 Å². The molecule has 2 aromatic heterocycles. The van der Waals surface area contributed by atoms with Crippen LogP contribution in [0, 0.1) is 5.41 Å². The van der Waals surface area contributed by atoms with Crippen molar-refractivity contribution in [2.75, 3.05) is 26.3 Å². The van der Waals surface area contributed by atoms with Gasteiger partial charge in [-0.3, -0.25) is 9.88 Å². The van der Waals surface area contributed by atoms with Crippen molar-refractivity contribution in [3.63, 3.8) is 0 Å². The van der Waals surface area contributed by atoms with Gasteiger partial charge < -0.3 is 13.9 Å². The third-order valence-electron chi connectivity index (χ3n) is 5.51. The molecule has 4 heterocycles. The van der Waals surface area contributed by atoms with E-state index in [0.717, 1.165) is 38.2 Å². The fourth-order valence-corrected chi connectivity index (χ4v) is 3.96. The fourth-order valence-electron chi connectivity index (χ4n) is 3.96. The molecule has 134 valence electrons. The van der Waals surface area contributed by atoms with E-state index in [1.165, 1.54) is 18.4 Å². The SMILES string of the molecule is c1cc(COC[C@@H]2CC3(CCN(Cc4ccoc4)CC3)CO2)ccn1. The lowest BCUT2D eigenvalue weighted by Crippen LogP contribution is -2.40. The molecule has 2 saturated heterocycles. The van der Waals surface area contributed by atoms with E-state index in [9.17, 15) is 0 Å². The van der Waals surface area contributed by atoms with E-state index in [1.807, 2.05) is 18.4 Å². The zero-order valence-electron chi connectivity index (χ0n) is 14.6. The number of furan rings is 1. The molecule has 0 amide bonds. The Morgan fingerprint density at radius 2 is 2.00 bits per heavy atom. The summed E-state index contributed by atoms with van der Waals surface area (Å²) >= 11 is 0. The molecule has 0 aliphatic carbocycles. The van der Waals surface area contributed by atoms with Crippen LogP contribution in [0.1, 0.15) is 30.4 Å². The Balaban J connectivity index is 1.20. The molecule has 1 atom stereocenters. The van der Waals surface area contributed by atoms with Gasteiger partial charge in [0.1, 0.15) is 0 Å². The lowest BCUT2D eigenvalue weighted by molar-refractivity contribution is 0.00633. The molecule has 2 fully saturated rings. The van der Waals surface area contributed by atoms with E-state index in [1.54, 1.807) is 18.7 Å². The molecule has 0 N–H and O–H groups in total. The Hall–Kier alpha value is -1.69. The summed E-state index contributed by atoms with van der Waals surface area (Å²) in [5.41, 5.74) is 2.79. The average Bonchev–Trinajstić information content (AvgIpc) is 3.29. The minimum Gasteiger partial charge on any atom is -0.472 e. The second-order valence-electron chi connectivity index (χ2n) is 7.42. The van der Waals surface area contributed by atoms with Gasteiger partial charge in [0.05, 0.1) is 38.5 Å². The molecule has 0 unspecified atom stereocenters. The number of piperidine rings is 1. The van der Waals surface area contributed by atoms with Crippen molar-refractivity contribution in [1.29, 1.82) is 0 Å². The summed E-state index contributed by atoms with van der Waals surface area (Å²) in [5.74, 6) is 0. The largest absolute Gasteiger partial charge is 0.472 e. The first-order valence-electron chi connectivity index (χ1n) is 9.13. The lowest BCUT2D eigenvalue weighted by Gasteiger charge is -2.38. The average molecular weight is 342 g/mol. The lowest BCUT2D eigenvalue weighted by atomic mass is 9.76. The first-order valence-corrected chi connectivity index (χ1v) is 9.13. The van der Waals surface area contributed by atoms with Crippen LogP contribution < -0.4 is 0 Å². The maximum atomic E-state index is 6.05. The quantitative estimate of drug-likeness (QED) is 0.806. The maximum Gasteiger partial charge on any atom is 0.0947 e. The van der Waals surface area contributed by atoms with Gasteiger partial charge in [-0.1, -0.05) is 0 Å². The first kappa shape index (κ1) is 16.8. The van der Waals surface area contributed by atoms with E-state index in [4.69, 9.17) is 13.9 Å². The van der Waals surface area contributed by atoms with E-state index >= 15 is 0 Å². The number of hydrogen-bond acceptors (Lipinski definition) is 5. The smallest absolute Gasteiger partial charge is 0.0947 e. The molecule has 0 aromatic carbocycles. The first-order chi connectivity index (χ1) is 12.3. The number of rotatable bonds is 6. The number of pyridine rings is 1. The van der Waals surface area contributed by atoms with Crippen LogP contribution in [-0.2, 0) is 22.6 Å². The number of ether oxygens (including phenoxy) is 2. The van der Waals surface area contributed by atoms with Gasteiger partial charge in [0.25, 0.3) is 0 Å². The minimum atomic E-state index is 0.238. The summed E-state index contributed by atoms with van der Waals surface area (Å²) in [5, 5.41) is 0. The van der Waals surface area contributed by atoms with Gasteiger partial charge in [-0.25, -0.2) is 0 Å². The normalized spacial score (nSPS) is 23.3. The number of hydrogen-bond donors (Lipinski definition) is 0. The van der Waals surface area contributed by atoms with Gasteiger partial charge in [-0.15, -0.1) is 0 Å². The summed E-state index contributed by atoms with van der Waals surface area (Å²) in [6.07, 6.45) is 11.0. The summed E-state index contributed by atoms with van der Waals surface area (Å²) in [6.45, 7) is 5.47. The highest BCUT2D eigenvalue weighted by Gasteiger charge is 2.42. The highest BCUT2D eigenvalue weighted by molar-refractivity contribution is 5.08.